The topological polar surface area (TPSA) is 63.4 Å². The number of nitrogens with one attached hydrogen (secondary N) is 1. The van der Waals surface area contributed by atoms with Crippen LogP contribution in [-0.4, -0.2) is 41.7 Å². The number of hydrogen-bond acceptors (Lipinski definition) is 6. The van der Waals surface area contributed by atoms with E-state index in [2.05, 4.69) is 27.4 Å². The minimum atomic E-state index is 0. The van der Waals surface area contributed by atoms with Gasteiger partial charge in [-0.2, -0.15) is 4.98 Å². The molecule has 142 valence electrons. The Hall–Kier alpha value is -2.41. The summed E-state index contributed by atoms with van der Waals surface area (Å²) < 4.78 is 11.3. The maximum atomic E-state index is 5.82. The molecule has 1 aliphatic heterocycles. The molecule has 0 amide bonds. The van der Waals surface area contributed by atoms with Gasteiger partial charge in [-0.25, -0.2) is 0 Å². The lowest BCUT2D eigenvalue weighted by atomic mass is 10.2. The summed E-state index contributed by atoms with van der Waals surface area (Å²) in [6.45, 7) is 3.35. The number of halogens is 1. The molecule has 1 aromatic heterocycles. The van der Waals surface area contributed by atoms with E-state index in [1.54, 1.807) is 0 Å². The van der Waals surface area contributed by atoms with Crippen LogP contribution in [0.1, 0.15) is 17.4 Å². The van der Waals surface area contributed by atoms with Gasteiger partial charge in [-0.05, 0) is 36.9 Å². The number of piperazine rings is 1. The summed E-state index contributed by atoms with van der Waals surface area (Å²) in [6, 6.07) is 18.0. The molecule has 1 unspecified atom stereocenters. The van der Waals surface area contributed by atoms with Gasteiger partial charge < -0.3 is 14.6 Å². The average Bonchev–Trinajstić information content (AvgIpc) is 3.18. The zero-order valence-corrected chi connectivity index (χ0v) is 16.0. The monoisotopic (exact) mass is 386 g/mol. The summed E-state index contributed by atoms with van der Waals surface area (Å²) in [5.74, 6) is 2.07. The van der Waals surface area contributed by atoms with Gasteiger partial charge >= 0.3 is 0 Å². The number of hydrogen-bond donors (Lipinski definition) is 1. The average molecular weight is 387 g/mol. The predicted molar refractivity (Wildman–Crippen MR) is 106 cm³/mol. The molecule has 1 aliphatic rings. The second-order valence-electron chi connectivity index (χ2n) is 6.46. The van der Waals surface area contributed by atoms with Crippen molar-refractivity contribution in [3.63, 3.8) is 0 Å². The molecule has 0 spiro atoms. The molecule has 6 nitrogen and oxygen atoms in total. The summed E-state index contributed by atoms with van der Waals surface area (Å²) in [4.78, 5) is 6.82. The zero-order valence-electron chi connectivity index (χ0n) is 15.2. The fourth-order valence-electron chi connectivity index (χ4n) is 3.02. The van der Waals surface area contributed by atoms with Gasteiger partial charge in [0.15, 0.2) is 5.82 Å². The van der Waals surface area contributed by atoms with Crippen molar-refractivity contribution in [1.29, 1.82) is 0 Å². The molecule has 0 radical (unpaired) electrons. The number of ether oxygens (including phenoxy) is 1. The van der Waals surface area contributed by atoms with Crippen LogP contribution in [0.5, 0.6) is 5.75 Å². The number of nitrogens with zero attached hydrogens (tertiary/aromatic N) is 3. The summed E-state index contributed by atoms with van der Waals surface area (Å²) in [7, 11) is 2.08. The Balaban J connectivity index is 0.00000210. The van der Waals surface area contributed by atoms with E-state index in [0.717, 1.165) is 42.3 Å². The summed E-state index contributed by atoms with van der Waals surface area (Å²) >= 11 is 0. The number of aromatic nitrogens is 2. The summed E-state index contributed by atoms with van der Waals surface area (Å²) in [6.07, 6.45) is 0. The first-order chi connectivity index (χ1) is 12.8. The molecule has 0 aliphatic carbocycles. The maximum Gasteiger partial charge on any atom is 0.257 e. The van der Waals surface area contributed by atoms with Crippen molar-refractivity contribution in [2.75, 3.05) is 26.7 Å². The molecule has 2 aromatic carbocycles. The lowest BCUT2D eigenvalue weighted by Gasteiger charge is -2.30. The molecule has 7 heteroatoms. The van der Waals surface area contributed by atoms with E-state index in [1.165, 1.54) is 0 Å². The van der Waals surface area contributed by atoms with Gasteiger partial charge in [0.05, 0.1) is 6.04 Å². The lowest BCUT2D eigenvalue weighted by molar-refractivity contribution is 0.190. The van der Waals surface area contributed by atoms with Crippen LogP contribution in [0.2, 0.25) is 0 Å². The highest BCUT2D eigenvalue weighted by Crippen LogP contribution is 2.24. The minimum absolute atomic E-state index is 0. The van der Waals surface area contributed by atoms with Crippen LogP contribution in [0.25, 0.3) is 11.5 Å². The van der Waals surface area contributed by atoms with Gasteiger partial charge in [0.2, 0.25) is 0 Å². The van der Waals surface area contributed by atoms with E-state index in [0.29, 0.717) is 12.5 Å². The van der Waals surface area contributed by atoms with Gasteiger partial charge in [0.25, 0.3) is 5.89 Å². The van der Waals surface area contributed by atoms with Crippen LogP contribution in [0.3, 0.4) is 0 Å². The minimum Gasteiger partial charge on any atom is -0.489 e. The van der Waals surface area contributed by atoms with Crippen molar-refractivity contribution < 1.29 is 9.26 Å². The van der Waals surface area contributed by atoms with E-state index in [-0.39, 0.29) is 18.4 Å². The van der Waals surface area contributed by atoms with Crippen molar-refractivity contribution >= 4 is 12.4 Å². The largest absolute Gasteiger partial charge is 0.489 e. The molecule has 2 heterocycles. The third-order valence-electron chi connectivity index (χ3n) is 4.60. The summed E-state index contributed by atoms with van der Waals surface area (Å²) in [5, 5.41) is 7.53. The Morgan fingerprint density at radius 2 is 1.93 bits per heavy atom. The third kappa shape index (κ3) is 4.66. The predicted octanol–water partition coefficient (Wildman–Crippen LogP) is 3.31. The number of likely N-dealkylation sites (N-methyl/N-ethyl adjacent to an activating group) is 1. The Kier molecular flexibility index (Phi) is 6.45. The van der Waals surface area contributed by atoms with Gasteiger partial charge in [0, 0.05) is 25.2 Å². The maximum absolute atomic E-state index is 5.82. The van der Waals surface area contributed by atoms with Crippen LogP contribution in [-0.2, 0) is 6.61 Å². The van der Waals surface area contributed by atoms with Crippen LogP contribution >= 0.6 is 12.4 Å². The fourth-order valence-corrected chi connectivity index (χ4v) is 3.02. The molecule has 4 rings (SSSR count). The van der Waals surface area contributed by atoms with Crippen molar-refractivity contribution in [3.8, 4) is 17.2 Å². The molecule has 1 saturated heterocycles. The molecule has 0 saturated carbocycles. The quantitative estimate of drug-likeness (QED) is 0.725. The second-order valence-corrected chi connectivity index (χ2v) is 6.46. The van der Waals surface area contributed by atoms with E-state index < -0.39 is 0 Å². The Labute approximate surface area is 164 Å². The Morgan fingerprint density at radius 3 is 2.67 bits per heavy atom. The SMILES string of the molecule is CN1CCNCC1c1noc(-c2ccc(OCc3ccccc3)cc2)n1.Cl. The second kappa shape index (κ2) is 8.99. The Morgan fingerprint density at radius 1 is 1.15 bits per heavy atom. The third-order valence-corrected chi connectivity index (χ3v) is 4.60. The van der Waals surface area contributed by atoms with Crippen LogP contribution in [0.15, 0.2) is 59.1 Å². The molecule has 1 fully saturated rings. The molecular formula is C20H23ClN4O2. The van der Waals surface area contributed by atoms with Crippen LogP contribution < -0.4 is 10.1 Å². The molecule has 27 heavy (non-hydrogen) atoms. The van der Waals surface area contributed by atoms with E-state index >= 15 is 0 Å². The van der Waals surface area contributed by atoms with Gasteiger partial charge in [-0.3, -0.25) is 4.90 Å². The number of rotatable bonds is 5. The van der Waals surface area contributed by atoms with Crippen molar-refractivity contribution in [2.24, 2.45) is 0 Å². The first kappa shape index (κ1) is 19.4. The van der Waals surface area contributed by atoms with E-state index in [1.807, 2.05) is 54.6 Å². The standard InChI is InChI=1S/C20H22N4O2.ClH/c1-24-12-11-21-13-18(24)19-22-20(26-23-19)16-7-9-17(10-8-16)25-14-15-5-3-2-4-6-15;/h2-10,18,21H,11-14H2,1H3;1H. The van der Waals surface area contributed by atoms with Gasteiger partial charge in [-0.15, -0.1) is 12.4 Å². The highest BCUT2D eigenvalue weighted by molar-refractivity contribution is 5.85. The lowest BCUT2D eigenvalue weighted by Crippen LogP contribution is -2.44. The van der Waals surface area contributed by atoms with Gasteiger partial charge in [-0.1, -0.05) is 35.5 Å². The Bertz CT molecular complexity index is 839. The van der Waals surface area contributed by atoms with E-state index in [9.17, 15) is 0 Å². The first-order valence-corrected chi connectivity index (χ1v) is 8.81. The van der Waals surface area contributed by atoms with Gasteiger partial charge in [0.1, 0.15) is 12.4 Å². The highest BCUT2D eigenvalue weighted by atomic mass is 35.5. The zero-order chi connectivity index (χ0) is 17.8. The normalized spacial score (nSPS) is 17.3. The molecule has 0 bridgehead atoms. The van der Waals surface area contributed by atoms with Crippen molar-refractivity contribution in [1.82, 2.24) is 20.4 Å². The smallest absolute Gasteiger partial charge is 0.257 e. The highest BCUT2D eigenvalue weighted by Gasteiger charge is 2.25. The molecule has 3 aromatic rings. The van der Waals surface area contributed by atoms with Crippen LogP contribution in [0, 0.1) is 0 Å². The van der Waals surface area contributed by atoms with Crippen LogP contribution in [0.4, 0.5) is 0 Å². The molecule has 1 atom stereocenters. The fraction of sp³-hybridized carbons (Fsp3) is 0.300. The van der Waals surface area contributed by atoms with E-state index in [4.69, 9.17) is 9.26 Å². The molecular weight excluding hydrogens is 364 g/mol. The summed E-state index contributed by atoms with van der Waals surface area (Å²) in [5.41, 5.74) is 2.03. The first-order valence-electron chi connectivity index (χ1n) is 8.81. The van der Waals surface area contributed by atoms with Crippen molar-refractivity contribution in [2.45, 2.75) is 12.6 Å². The molecule has 1 N–H and O–H groups in total. The number of benzene rings is 2. The van der Waals surface area contributed by atoms with Crippen molar-refractivity contribution in [3.05, 3.63) is 66.0 Å².